The zero-order valence-electron chi connectivity index (χ0n) is 10.2. The highest BCUT2D eigenvalue weighted by Gasteiger charge is 2.42. The standard InChI is InChI=1S/C14H14N2O2/c1-18-12-4-3-11-10(5-8-15-11)13(12)14(16-9-17)6-2-7-14/h3-5,8,15H,2,6-7H2,1H3. The van der Waals surface area contributed by atoms with Crippen molar-refractivity contribution in [3.05, 3.63) is 30.0 Å². The minimum Gasteiger partial charge on any atom is -0.496 e. The van der Waals surface area contributed by atoms with Gasteiger partial charge in [0, 0.05) is 22.7 Å². The Kier molecular flexibility index (Phi) is 2.46. The van der Waals surface area contributed by atoms with E-state index in [0.29, 0.717) is 0 Å². The first-order chi connectivity index (χ1) is 8.80. The summed E-state index contributed by atoms with van der Waals surface area (Å²) in [5.41, 5.74) is 1.62. The third kappa shape index (κ3) is 1.39. The number of aromatic nitrogens is 1. The van der Waals surface area contributed by atoms with Crippen molar-refractivity contribution in [1.82, 2.24) is 4.98 Å². The summed E-state index contributed by atoms with van der Waals surface area (Å²) in [5, 5.41) is 1.08. The van der Waals surface area contributed by atoms with Crippen LogP contribution in [0.2, 0.25) is 0 Å². The molecule has 1 fully saturated rings. The van der Waals surface area contributed by atoms with Gasteiger partial charge in [-0.05, 0) is 37.5 Å². The zero-order chi connectivity index (χ0) is 12.6. The molecule has 1 aliphatic rings. The number of H-pyrrole nitrogens is 1. The van der Waals surface area contributed by atoms with Crippen LogP contribution < -0.4 is 4.74 Å². The fraction of sp³-hybridized carbons (Fsp3) is 0.357. The molecule has 0 amide bonds. The van der Waals surface area contributed by atoms with E-state index in [4.69, 9.17) is 4.74 Å². The summed E-state index contributed by atoms with van der Waals surface area (Å²) in [6.45, 7) is 0. The van der Waals surface area contributed by atoms with Crippen molar-refractivity contribution in [3.8, 4) is 5.75 Å². The summed E-state index contributed by atoms with van der Waals surface area (Å²) in [6, 6.07) is 5.91. The third-order valence-electron chi connectivity index (χ3n) is 3.82. The van der Waals surface area contributed by atoms with Crippen molar-refractivity contribution in [1.29, 1.82) is 0 Å². The van der Waals surface area contributed by atoms with Gasteiger partial charge in [-0.15, -0.1) is 0 Å². The first kappa shape index (κ1) is 11.1. The van der Waals surface area contributed by atoms with Crippen molar-refractivity contribution in [2.75, 3.05) is 7.11 Å². The highest BCUT2D eigenvalue weighted by molar-refractivity contribution is 5.86. The van der Waals surface area contributed by atoms with Crippen LogP contribution in [-0.2, 0) is 10.3 Å². The lowest BCUT2D eigenvalue weighted by Gasteiger charge is -2.38. The van der Waals surface area contributed by atoms with E-state index >= 15 is 0 Å². The van der Waals surface area contributed by atoms with Crippen LogP contribution in [-0.4, -0.2) is 18.2 Å². The number of fused-ring (bicyclic) bond motifs is 1. The molecular weight excluding hydrogens is 228 g/mol. The quantitative estimate of drug-likeness (QED) is 0.664. The number of methoxy groups -OCH3 is 1. The Bertz CT molecular complexity index is 634. The molecule has 0 aliphatic heterocycles. The molecule has 92 valence electrons. The predicted octanol–water partition coefficient (Wildman–Crippen LogP) is 2.89. The maximum absolute atomic E-state index is 10.7. The van der Waals surface area contributed by atoms with Crippen LogP contribution in [0.5, 0.6) is 5.75 Å². The highest BCUT2D eigenvalue weighted by Crippen LogP contribution is 2.50. The van der Waals surface area contributed by atoms with Crippen LogP contribution in [0.4, 0.5) is 0 Å². The predicted molar refractivity (Wildman–Crippen MR) is 68.5 cm³/mol. The fourth-order valence-corrected chi connectivity index (χ4v) is 2.78. The number of aromatic amines is 1. The van der Waals surface area contributed by atoms with Gasteiger partial charge in [0.1, 0.15) is 11.3 Å². The molecule has 1 heterocycles. The van der Waals surface area contributed by atoms with Gasteiger partial charge in [-0.1, -0.05) is 0 Å². The average Bonchev–Trinajstić information content (AvgIpc) is 2.81. The molecule has 4 nitrogen and oxygen atoms in total. The van der Waals surface area contributed by atoms with Crippen molar-refractivity contribution in [2.24, 2.45) is 4.99 Å². The maximum Gasteiger partial charge on any atom is 0.235 e. The highest BCUT2D eigenvalue weighted by atomic mass is 16.5. The Labute approximate surface area is 105 Å². The van der Waals surface area contributed by atoms with Gasteiger partial charge in [-0.2, -0.15) is 4.99 Å². The van der Waals surface area contributed by atoms with Gasteiger partial charge in [0.25, 0.3) is 0 Å². The zero-order valence-corrected chi connectivity index (χ0v) is 10.2. The summed E-state index contributed by atoms with van der Waals surface area (Å²) in [7, 11) is 1.65. The lowest BCUT2D eigenvalue weighted by Crippen LogP contribution is -2.32. The molecule has 0 saturated heterocycles. The Morgan fingerprint density at radius 3 is 2.83 bits per heavy atom. The Hall–Kier alpha value is -2.06. The normalized spacial score (nSPS) is 16.9. The third-order valence-corrected chi connectivity index (χ3v) is 3.82. The van der Waals surface area contributed by atoms with Gasteiger partial charge in [0.15, 0.2) is 0 Å². The summed E-state index contributed by atoms with van der Waals surface area (Å²) in [4.78, 5) is 18.0. The largest absolute Gasteiger partial charge is 0.496 e. The summed E-state index contributed by atoms with van der Waals surface area (Å²) < 4.78 is 5.45. The SMILES string of the molecule is COc1ccc2[nH]ccc2c1C1(N=C=O)CCC1. The first-order valence-corrected chi connectivity index (χ1v) is 6.04. The number of carbonyl (C=O) groups excluding carboxylic acids is 1. The molecule has 1 aromatic heterocycles. The smallest absolute Gasteiger partial charge is 0.235 e. The van der Waals surface area contributed by atoms with Crippen molar-refractivity contribution in [2.45, 2.75) is 24.8 Å². The van der Waals surface area contributed by atoms with E-state index in [1.807, 2.05) is 24.4 Å². The second-order valence-corrected chi connectivity index (χ2v) is 4.67. The van der Waals surface area contributed by atoms with Crippen molar-refractivity contribution < 1.29 is 9.53 Å². The monoisotopic (exact) mass is 242 g/mol. The Morgan fingerprint density at radius 2 is 2.22 bits per heavy atom. The van der Waals surface area contributed by atoms with E-state index in [-0.39, 0.29) is 0 Å². The van der Waals surface area contributed by atoms with E-state index in [2.05, 4.69) is 9.98 Å². The van der Waals surface area contributed by atoms with Gasteiger partial charge in [0.05, 0.1) is 7.11 Å². The van der Waals surface area contributed by atoms with Crippen LogP contribution in [0.15, 0.2) is 29.4 Å². The van der Waals surface area contributed by atoms with Gasteiger partial charge in [0.2, 0.25) is 6.08 Å². The van der Waals surface area contributed by atoms with E-state index in [1.165, 1.54) is 0 Å². The van der Waals surface area contributed by atoms with Crippen LogP contribution in [0.25, 0.3) is 10.9 Å². The van der Waals surface area contributed by atoms with Crippen molar-refractivity contribution in [3.63, 3.8) is 0 Å². The van der Waals surface area contributed by atoms with Crippen LogP contribution in [0.3, 0.4) is 0 Å². The van der Waals surface area contributed by atoms with E-state index in [1.54, 1.807) is 13.2 Å². The summed E-state index contributed by atoms with van der Waals surface area (Å²) >= 11 is 0. The van der Waals surface area contributed by atoms with Gasteiger partial charge < -0.3 is 9.72 Å². The van der Waals surface area contributed by atoms with Gasteiger partial charge in [-0.3, -0.25) is 0 Å². The van der Waals surface area contributed by atoms with Crippen LogP contribution in [0.1, 0.15) is 24.8 Å². The lowest BCUT2D eigenvalue weighted by atomic mass is 9.71. The second-order valence-electron chi connectivity index (χ2n) is 4.67. The lowest BCUT2D eigenvalue weighted by molar-refractivity contribution is 0.248. The molecule has 4 heteroatoms. The van der Waals surface area contributed by atoms with E-state index in [0.717, 1.165) is 41.5 Å². The first-order valence-electron chi connectivity index (χ1n) is 6.04. The Morgan fingerprint density at radius 1 is 1.39 bits per heavy atom. The van der Waals surface area contributed by atoms with Crippen molar-refractivity contribution >= 4 is 17.0 Å². The van der Waals surface area contributed by atoms with Gasteiger partial charge in [-0.25, -0.2) is 4.79 Å². The number of nitrogens with one attached hydrogen (secondary N) is 1. The molecule has 0 atom stereocenters. The number of rotatable bonds is 3. The molecule has 0 bridgehead atoms. The number of isocyanates is 1. The molecule has 1 aliphatic carbocycles. The summed E-state index contributed by atoms with van der Waals surface area (Å²) in [5.74, 6) is 0.792. The number of hydrogen-bond acceptors (Lipinski definition) is 3. The van der Waals surface area contributed by atoms with E-state index < -0.39 is 5.54 Å². The number of benzene rings is 1. The van der Waals surface area contributed by atoms with Crippen LogP contribution in [0, 0.1) is 0 Å². The van der Waals surface area contributed by atoms with Crippen LogP contribution >= 0.6 is 0 Å². The Balaban J connectivity index is 2.31. The molecule has 0 spiro atoms. The number of nitrogens with zero attached hydrogens (tertiary/aromatic N) is 1. The number of aliphatic imine (C=N–C) groups is 1. The molecule has 0 unspecified atom stereocenters. The molecule has 1 N–H and O–H groups in total. The van der Waals surface area contributed by atoms with Gasteiger partial charge >= 0.3 is 0 Å². The molecule has 18 heavy (non-hydrogen) atoms. The maximum atomic E-state index is 10.7. The number of ether oxygens (including phenoxy) is 1. The average molecular weight is 242 g/mol. The molecule has 1 saturated carbocycles. The summed E-state index contributed by atoms with van der Waals surface area (Å²) in [6.07, 6.45) is 6.45. The molecule has 3 rings (SSSR count). The minimum atomic E-state index is -0.436. The number of hydrogen-bond donors (Lipinski definition) is 1. The molecule has 0 radical (unpaired) electrons. The minimum absolute atomic E-state index is 0.436. The topological polar surface area (TPSA) is 54.4 Å². The fourth-order valence-electron chi connectivity index (χ4n) is 2.78. The molecular formula is C14H14N2O2. The molecule has 2 aromatic rings. The van der Waals surface area contributed by atoms with E-state index in [9.17, 15) is 4.79 Å². The second kappa shape index (κ2) is 4.00. The molecule has 1 aromatic carbocycles.